The van der Waals surface area contributed by atoms with Gasteiger partial charge in [0, 0.05) is 17.7 Å². The average molecular weight is 330 g/mol. The van der Waals surface area contributed by atoms with Crippen LogP contribution in [0.5, 0.6) is 0 Å². The molecule has 118 valence electrons. The number of hydrogen-bond donors (Lipinski definition) is 0. The van der Waals surface area contributed by atoms with Gasteiger partial charge >= 0.3 is 5.97 Å². The van der Waals surface area contributed by atoms with Crippen LogP contribution in [0, 0.1) is 6.92 Å². The van der Waals surface area contributed by atoms with Crippen molar-refractivity contribution < 1.29 is 9.53 Å². The number of rotatable bonds is 4. The van der Waals surface area contributed by atoms with Gasteiger partial charge in [-0.1, -0.05) is 41.9 Å². The topological polar surface area (TPSA) is 56.5 Å². The Morgan fingerprint density at radius 3 is 2.74 bits per heavy atom. The lowest BCUT2D eigenvalue weighted by Crippen LogP contribution is -2.07. The molecular formula is C17H16ClN3O2. The largest absolute Gasteiger partial charge is 0.462 e. The highest BCUT2D eigenvalue weighted by Gasteiger charge is 2.20. The minimum absolute atomic E-state index is 0.301. The molecule has 3 aromatic rings. The van der Waals surface area contributed by atoms with Crippen molar-refractivity contribution in [2.45, 2.75) is 20.3 Å². The zero-order valence-corrected chi connectivity index (χ0v) is 13.7. The maximum absolute atomic E-state index is 12.0. The predicted octanol–water partition coefficient (Wildman–Crippen LogP) is 3.46. The van der Waals surface area contributed by atoms with Gasteiger partial charge in [-0.3, -0.25) is 0 Å². The lowest BCUT2D eigenvalue weighted by atomic mass is 10.1. The quantitative estimate of drug-likeness (QED) is 0.543. The molecule has 2 aromatic heterocycles. The third kappa shape index (κ3) is 2.92. The Hall–Kier alpha value is -2.40. The van der Waals surface area contributed by atoms with Crippen LogP contribution in [0.2, 0.25) is 5.15 Å². The molecule has 0 spiro atoms. The average Bonchev–Trinajstić information content (AvgIpc) is 2.96. The smallest absolute Gasteiger partial charge is 0.343 e. The second-order valence-corrected chi connectivity index (χ2v) is 5.50. The Bertz CT molecular complexity index is 859. The summed E-state index contributed by atoms with van der Waals surface area (Å²) in [6, 6.07) is 10.0. The summed E-state index contributed by atoms with van der Waals surface area (Å²) in [5, 5.41) is 4.65. The van der Waals surface area contributed by atoms with Crippen LogP contribution in [0.1, 0.15) is 34.1 Å². The minimum atomic E-state index is -0.443. The summed E-state index contributed by atoms with van der Waals surface area (Å²) >= 11 is 6.50. The van der Waals surface area contributed by atoms with Crippen molar-refractivity contribution in [3.63, 3.8) is 0 Å². The Kier molecular flexibility index (Phi) is 4.30. The first kappa shape index (κ1) is 15.5. The van der Waals surface area contributed by atoms with E-state index in [-0.39, 0.29) is 0 Å². The second-order valence-electron chi connectivity index (χ2n) is 5.14. The maximum Gasteiger partial charge on any atom is 0.343 e. The van der Waals surface area contributed by atoms with Crippen molar-refractivity contribution in [2.24, 2.45) is 0 Å². The highest BCUT2D eigenvalue weighted by molar-refractivity contribution is 6.30. The summed E-state index contributed by atoms with van der Waals surface area (Å²) in [4.78, 5) is 16.5. The molecule has 6 heteroatoms. The number of nitrogens with zero attached hydrogens (tertiary/aromatic N) is 3. The fourth-order valence-electron chi connectivity index (χ4n) is 2.45. The molecule has 0 amide bonds. The highest BCUT2D eigenvalue weighted by Crippen LogP contribution is 2.24. The number of hydrogen-bond acceptors (Lipinski definition) is 4. The van der Waals surface area contributed by atoms with Gasteiger partial charge < -0.3 is 4.74 Å². The van der Waals surface area contributed by atoms with E-state index in [1.54, 1.807) is 6.92 Å². The van der Waals surface area contributed by atoms with Crippen molar-refractivity contribution in [3.05, 3.63) is 64.1 Å². The van der Waals surface area contributed by atoms with Crippen LogP contribution in [0.4, 0.5) is 0 Å². The Morgan fingerprint density at radius 1 is 1.30 bits per heavy atom. The molecule has 0 fully saturated rings. The molecule has 23 heavy (non-hydrogen) atoms. The molecule has 0 N–H and O–H groups in total. The van der Waals surface area contributed by atoms with Crippen LogP contribution < -0.4 is 0 Å². The molecule has 0 bridgehead atoms. The van der Waals surface area contributed by atoms with Gasteiger partial charge in [-0.25, -0.2) is 14.3 Å². The highest BCUT2D eigenvalue weighted by atomic mass is 35.5. The van der Waals surface area contributed by atoms with Gasteiger partial charge in [0.2, 0.25) is 0 Å². The zero-order chi connectivity index (χ0) is 16.4. The van der Waals surface area contributed by atoms with Gasteiger partial charge in [0.25, 0.3) is 0 Å². The van der Waals surface area contributed by atoms with Gasteiger partial charge in [0.1, 0.15) is 10.7 Å². The lowest BCUT2D eigenvalue weighted by Gasteiger charge is -2.10. The summed E-state index contributed by atoms with van der Waals surface area (Å²) in [6.45, 7) is 3.94. The Balaban J connectivity index is 2.07. The number of fused-ring (bicyclic) bond motifs is 1. The van der Waals surface area contributed by atoms with E-state index in [1.165, 1.54) is 10.7 Å². The number of carbonyl (C=O) groups is 1. The molecule has 0 atom stereocenters. The molecule has 0 saturated heterocycles. The lowest BCUT2D eigenvalue weighted by molar-refractivity contribution is 0.0528. The molecule has 0 unspecified atom stereocenters. The molecular weight excluding hydrogens is 314 g/mol. The van der Waals surface area contributed by atoms with Gasteiger partial charge in [0.05, 0.1) is 12.8 Å². The number of halogens is 1. The Labute approximate surface area is 138 Å². The van der Waals surface area contributed by atoms with E-state index < -0.39 is 5.97 Å². The van der Waals surface area contributed by atoms with Gasteiger partial charge in [-0.05, 0) is 19.4 Å². The van der Waals surface area contributed by atoms with Crippen LogP contribution in [0.25, 0.3) is 5.65 Å². The number of carbonyl (C=O) groups excluding carboxylic acids is 1. The number of benzene rings is 1. The predicted molar refractivity (Wildman–Crippen MR) is 87.9 cm³/mol. The molecule has 2 heterocycles. The first-order chi connectivity index (χ1) is 11.1. The number of ether oxygens (including phenoxy) is 1. The number of esters is 1. The summed E-state index contributed by atoms with van der Waals surface area (Å²) in [5.41, 5.74) is 3.54. The molecule has 3 rings (SSSR count). The summed E-state index contributed by atoms with van der Waals surface area (Å²) in [6.07, 6.45) is 2.10. The van der Waals surface area contributed by atoms with E-state index in [0.29, 0.717) is 29.4 Å². The van der Waals surface area contributed by atoms with E-state index in [2.05, 4.69) is 10.1 Å². The van der Waals surface area contributed by atoms with Crippen molar-refractivity contribution in [1.82, 2.24) is 14.6 Å². The van der Waals surface area contributed by atoms with E-state index >= 15 is 0 Å². The zero-order valence-electron chi connectivity index (χ0n) is 12.9. The van der Waals surface area contributed by atoms with Crippen LogP contribution in [0.3, 0.4) is 0 Å². The summed E-state index contributed by atoms with van der Waals surface area (Å²) in [7, 11) is 0. The van der Waals surface area contributed by atoms with E-state index in [1.807, 2.05) is 37.3 Å². The SMILES string of the molecule is CCOC(=O)c1cnn2c(Cl)c(Cc3ccccc3)c(C)nc12. The molecule has 0 aliphatic rings. The van der Waals surface area contributed by atoms with Crippen molar-refractivity contribution >= 4 is 23.2 Å². The third-order valence-electron chi connectivity index (χ3n) is 3.61. The van der Waals surface area contributed by atoms with Gasteiger partial charge in [0.15, 0.2) is 5.65 Å². The molecule has 0 aliphatic carbocycles. The van der Waals surface area contributed by atoms with Crippen LogP contribution in [-0.4, -0.2) is 27.2 Å². The first-order valence-corrected chi connectivity index (χ1v) is 7.73. The molecule has 0 saturated carbocycles. The number of aromatic nitrogens is 3. The van der Waals surface area contributed by atoms with E-state index in [0.717, 1.165) is 16.8 Å². The first-order valence-electron chi connectivity index (χ1n) is 7.35. The van der Waals surface area contributed by atoms with Crippen LogP contribution >= 0.6 is 11.6 Å². The standard InChI is InChI=1S/C17H16ClN3O2/c1-3-23-17(22)14-10-19-21-15(18)13(11(2)20-16(14)21)9-12-7-5-4-6-8-12/h4-8,10H,3,9H2,1-2H3. The van der Waals surface area contributed by atoms with Crippen molar-refractivity contribution in [3.8, 4) is 0 Å². The fraction of sp³-hybridized carbons (Fsp3) is 0.235. The Morgan fingerprint density at radius 2 is 2.04 bits per heavy atom. The number of aryl methyl sites for hydroxylation is 1. The monoisotopic (exact) mass is 329 g/mol. The van der Waals surface area contributed by atoms with E-state index in [9.17, 15) is 4.79 Å². The van der Waals surface area contributed by atoms with Crippen molar-refractivity contribution in [1.29, 1.82) is 0 Å². The van der Waals surface area contributed by atoms with E-state index in [4.69, 9.17) is 16.3 Å². The third-order valence-corrected chi connectivity index (χ3v) is 4.00. The van der Waals surface area contributed by atoms with Gasteiger partial charge in [-0.15, -0.1) is 0 Å². The van der Waals surface area contributed by atoms with Crippen LogP contribution in [0.15, 0.2) is 36.5 Å². The normalized spacial score (nSPS) is 10.9. The molecule has 1 aromatic carbocycles. The minimum Gasteiger partial charge on any atom is -0.462 e. The molecule has 5 nitrogen and oxygen atoms in total. The maximum atomic E-state index is 12.0. The fourth-order valence-corrected chi connectivity index (χ4v) is 2.78. The summed E-state index contributed by atoms with van der Waals surface area (Å²) in [5.74, 6) is -0.443. The van der Waals surface area contributed by atoms with Crippen LogP contribution in [-0.2, 0) is 11.2 Å². The molecule has 0 aliphatic heterocycles. The molecule has 0 radical (unpaired) electrons. The summed E-state index contributed by atoms with van der Waals surface area (Å²) < 4.78 is 6.51. The van der Waals surface area contributed by atoms with Gasteiger partial charge in [-0.2, -0.15) is 5.10 Å². The van der Waals surface area contributed by atoms with Crippen molar-refractivity contribution in [2.75, 3.05) is 6.61 Å². The second kappa shape index (κ2) is 6.38.